The first kappa shape index (κ1) is 21.0. The van der Waals surface area contributed by atoms with Gasteiger partial charge in [-0.25, -0.2) is 0 Å². The molecule has 0 saturated heterocycles. The largest absolute Gasteiger partial charge is 0.493 e. The Kier molecular flexibility index (Phi) is 7.84. The fraction of sp³-hybridized carbons (Fsp3) is 0.368. The van der Waals surface area contributed by atoms with E-state index in [9.17, 15) is 15.2 Å². The lowest BCUT2D eigenvalue weighted by Crippen LogP contribution is -2.31. The Morgan fingerprint density at radius 2 is 1.96 bits per heavy atom. The van der Waals surface area contributed by atoms with Crippen LogP contribution in [0, 0.1) is 10.1 Å². The summed E-state index contributed by atoms with van der Waals surface area (Å²) < 4.78 is 11.2. The first-order valence-corrected chi connectivity index (χ1v) is 8.93. The Labute approximate surface area is 163 Å². The zero-order chi connectivity index (χ0) is 19.8. The van der Waals surface area contributed by atoms with Gasteiger partial charge in [0.05, 0.1) is 18.6 Å². The smallest absolute Gasteiger partial charge is 0.269 e. The number of nitro groups is 1. The maximum atomic E-state index is 10.7. The van der Waals surface area contributed by atoms with Gasteiger partial charge in [0.2, 0.25) is 0 Å². The van der Waals surface area contributed by atoms with Gasteiger partial charge in [-0.3, -0.25) is 10.1 Å². The molecule has 0 aromatic heterocycles. The molecule has 0 aliphatic carbocycles. The number of aliphatic hydroxyl groups is 1. The van der Waals surface area contributed by atoms with E-state index in [-0.39, 0.29) is 24.9 Å². The van der Waals surface area contributed by atoms with Gasteiger partial charge in [-0.2, -0.15) is 0 Å². The van der Waals surface area contributed by atoms with Crippen molar-refractivity contribution in [3.8, 4) is 11.5 Å². The van der Waals surface area contributed by atoms with Crippen LogP contribution in [0.25, 0.3) is 0 Å². The SMILES string of the molecule is CCC(CO)NCc1cc(OC)c(OCc2ccc([N+](=O)[O-])cc2)cc1Cl. The van der Waals surface area contributed by atoms with Gasteiger partial charge in [-0.15, -0.1) is 0 Å². The minimum atomic E-state index is -0.444. The lowest BCUT2D eigenvalue weighted by molar-refractivity contribution is -0.384. The van der Waals surface area contributed by atoms with Crippen LogP contribution in [0.2, 0.25) is 5.02 Å². The topological polar surface area (TPSA) is 93.9 Å². The van der Waals surface area contributed by atoms with Crippen LogP contribution in [0.5, 0.6) is 11.5 Å². The molecule has 0 radical (unpaired) electrons. The molecule has 7 nitrogen and oxygen atoms in total. The summed E-state index contributed by atoms with van der Waals surface area (Å²) in [6.45, 7) is 2.77. The lowest BCUT2D eigenvalue weighted by Gasteiger charge is -2.17. The van der Waals surface area contributed by atoms with Crippen LogP contribution >= 0.6 is 11.6 Å². The third-order valence-corrected chi connectivity index (χ3v) is 4.52. The normalized spacial score (nSPS) is 11.9. The summed E-state index contributed by atoms with van der Waals surface area (Å²) in [4.78, 5) is 10.3. The van der Waals surface area contributed by atoms with E-state index in [1.165, 1.54) is 12.1 Å². The van der Waals surface area contributed by atoms with Crippen molar-refractivity contribution in [1.82, 2.24) is 5.32 Å². The molecule has 0 aliphatic rings. The Bertz CT molecular complexity index is 763. The van der Waals surface area contributed by atoms with E-state index in [1.54, 1.807) is 31.4 Å². The van der Waals surface area contributed by atoms with E-state index < -0.39 is 4.92 Å². The Hall–Kier alpha value is -2.35. The van der Waals surface area contributed by atoms with E-state index in [4.69, 9.17) is 21.1 Å². The number of hydrogen-bond acceptors (Lipinski definition) is 6. The van der Waals surface area contributed by atoms with Crippen molar-refractivity contribution in [1.29, 1.82) is 0 Å². The maximum Gasteiger partial charge on any atom is 0.269 e. The second-order valence-corrected chi connectivity index (χ2v) is 6.38. The molecule has 27 heavy (non-hydrogen) atoms. The number of halogens is 1. The molecule has 2 aromatic carbocycles. The van der Waals surface area contributed by atoms with E-state index in [0.717, 1.165) is 17.5 Å². The van der Waals surface area contributed by atoms with Crippen LogP contribution in [-0.2, 0) is 13.2 Å². The second kappa shape index (κ2) is 10.1. The van der Waals surface area contributed by atoms with Gasteiger partial charge < -0.3 is 19.9 Å². The molecule has 0 spiro atoms. The Morgan fingerprint density at radius 3 is 2.52 bits per heavy atom. The first-order valence-electron chi connectivity index (χ1n) is 8.55. The fourth-order valence-electron chi connectivity index (χ4n) is 2.45. The van der Waals surface area contributed by atoms with E-state index in [0.29, 0.717) is 23.1 Å². The van der Waals surface area contributed by atoms with Gasteiger partial charge in [-0.1, -0.05) is 18.5 Å². The van der Waals surface area contributed by atoms with Gasteiger partial charge in [0, 0.05) is 35.8 Å². The predicted molar refractivity (Wildman–Crippen MR) is 103 cm³/mol. The monoisotopic (exact) mass is 394 g/mol. The summed E-state index contributed by atoms with van der Waals surface area (Å²) in [5, 5.41) is 23.7. The van der Waals surface area contributed by atoms with Crippen molar-refractivity contribution in [2.45, 2.75) is 32.5 Å². The van der Waals surface area contributed by atoms with Crippen molar-refractivity contribution in [2.24, 2.45) is 0 Å². The molecular formula is C19H23ClN2O5. The summed E-state index contributed by atoms with van der Waals surface area (Å²) in [6, 6.07) is 9.64. The Balaban J connectivity index is 2.08. The number of hydrogen-bond donors (Lipinski definition) is 2. The average molecular weight is 395 g/mol. The van der Waals surface area contributed by atoms with Gasteiger partial charge in [0.1, 0.15) is 6.61 Å². The number of nitro benzene ring substituents is 1. The molecule has 0 fully saturated rings. The zero-order valence-electron chi connectivity index (χ0n) is 15.3. The number of non-ortho nitro benzene ring substituents is 1. The number of ether oxygens (including phenoxy) is 2. The van der Waals surface area contributed by atoms with Crippen molar-refractivity contribution >= 4 is 17.3 Å². The first-order chi connectivity index (χ1) is 13.0. The molecule has 0 heterocycles. The quantitative estimate of drug-likeness (QED) is 0.471. The average Bonchev–Trinajstić information content (AvgIpc) is 2.68. The van der Waals surface area contributed by atoms with E-state index in [1.807, 2.05) is 6.92 Å². The molecule has 0 amide bonds. The molecule has 8 heteroatoms. The maximum absolute atomic E-state index is 10.7. The van der Waals surface area contributed by atoms with Crippen LogP contribution in [0.15, 0.2) is 36.4 Å². The molecule has 2 aromatic rings. The molecule has 2 rings (SSSR count). The number of benzene rings is 2. The fourth-order valence-corrected chi connectivity index (χ4v) is 2.67. The molecular weight excluding hydrogens is 372 g/mol. The van der Waals surface area contributed by atoms with Crippen molar-refractivity contribution in [2.75, 3.05) is 13.7 Å². The van der Waals surface area contributed by atoms with Crippen LogP contribution in [0.3, 0.4) is 0 Å². The number of nitrogens with zero attached hydrogens (tertiary/aromatic N) is 1. The summed E-state index contributed by atoms with van der Waals surface area (Å²) in [7, 11) is 1.54. The number of rotatable bonds is 10. The molecule has 0 aliphatic heterocycles. The third kappa shape index (κ3) is 5.82. The van der Waals surface area contributed by atoms with Crippen molar-refractivity contribution in [3.05, 3.63) is 62.7 Å². The van der Waals surface area contributed by atoms with Crippen molar-refractivity contribution in [3.63, 3.8) is 0 Å². The minimum absolute atomic E-state index is 0.00475. The van der Waals surface area contributed by atoms with Gasteiger partial charge >= 0.3 is 0 Å². The highest BCUT2D eigenvalue weighted by Gasteiger charge is 2.13. The summed E-state index contributed by atoms with van der Waals surface area (Å²) >= 11 is 6.35. The molecule has 1 atom stereocenters. The summed E-state index contributed by atoms with van der Waals surface area (Å²) in [5.74, 6) is 1.02. The van der Waals surface area contributed by atoms with Gasteiger partial charge in [0.15, 0.2) is 11.5 Å². The highest BCUT2D eigenvalue weighted by molar-refractivity contribution is 6.31. The lowest BCUT2D eigenvalue weighted by atomic mass is 10.1. The van der Waals surface area contributed by atoms with Gasteiger partial charge in [0.25, 0.3) is 5.69 Å². The molecule has 0 saturated carbocycles. The summed E-state index contributed by atoms with van der Waals surface area (Å²) in [5.41, 5.74) is 1.66. The van der Waals surface area contributed by atoms with Crippen LogP contribution in [-0.4, -0.2) is 29.8 Å². The summed E-state index contributed by atoms with van der Waals surface area (Å²) in [6.07, 6.45) is 0.807. The highest BCUT2D eigenvalue weighted by Crippen LogP contribution is 2.34. The van der Waals surface area contributed by atoms with E-state index in [2.05, 4.69) is 5.32 Å². The molecule has 1 unspecified atom stereocenters. The second-order valence-electron chi connectivity index (χ2n) is 5.98. The minimum Gasteiger partial charge on any atom is -0.493 e. The van der Waals surface area contributed by atoms with E-state index >= 15 is 0 Å². The Morgan fingerprint density at radius 1 is 1.26 bits per heavy atom. The standard InChI is InChI=1S/C19H23ClN2O5/c1-3-15(11-23)21-10-14-8-18(26-2)19(9-17(14)20)27-12-13-4-6-16(7-5-13)22(24)25/h4-9,15,21,23H,3,10-12H2,1-2H3. The van der Waals surface area contributed by atoms with Crippen molar-refractivity contribution < 1.29 is 19.5 Å². The molecule has 2 N–H and O–H groups in total. The number of methoxy groups -OCH3 is 1. The zero-order valence-corrected chi connectivity index (χ0v) is 16.0. The van der Waals surface area contributed by atoms with Crippen LogP contribution in [0.1, 0.15) is 24.5 Å². The van der Waals surface area contributed by atoms with Crippen LogP contribution in [0.4, 0.5) is 5.69 Å². The van der Waals surface area contributed by atoms with Gasteiger partial charge in [-0.05, 0) is 35.7 Å². The van der Waals surface area contributed by atoms with Crippen LogP contribution < -0.4 is 14.8 Å². The highest BCUT2D eigenvalue weighted by atomic mass is 35.5. The number of nitrogens with one attached hydrogen (secondary N) is 1. The predicted octanol–water partition coefficient (Wildman–Crippen LogP) is 3.70. The molecule has 0 bridgehead atoms. The third-order valence-electron chi connectivity index (χ3n) is 4.17. The molecule has 146 valence electrons. The number of aliphatic hydroxyl groups excluding tert-OH is 1.